The number of ether oxygens (including phenoxy) is 3. The molecule has 5 N–H and O–H groups in total. The lowest BCUT2D eigenvalue weighted by Crippen LogP contribution is -2.18. The molecule has 0 radical (unpaired) electrons. The number of amidine groups is 1. The number of nitrogens with one attached hydrogen (secondary N) is 2. The van der Waals surface area contributed by atoms with Gasteiger partial charge < -0.3 is 25.1 Å². The highest BCUT2D eigenvalue weighted by atomic mass is 19.1. The molecule has 40 heavy (non-hydrogen) atoms. The van der Waals surface area contributed by atoms with Gasteiger partial charge >= 0.3 is 5.69 Å². The van der Waals surface area contributed by atoms with Crippen molar-refractivity contribution in [1.82, 2.24) is 24.7 Å². The number of H-pyrrole nitrogens is 1. The van der Waals surface area contributed by atoms with Crippen LogP contribution in [0.3, 0.4) is 0 Å². The van der Waals surface area contributed by atoms with Crippen molar-refractivity contribution in [2.45, 2.75) is 25.9 Å². The monoisotopic (exact) mass is 551 g/mol. The van der Waals surface area contributed by atoms with Crippen LogP contribution in [0.15, 0.2) is 59.7 Å². The fraction of sp³-hybridized carbons (Fsp3) is 0.231. The highest BCUT2D eigenvalue weighted by Crippen LogP contribution is 2.39. The number of alkyl halides is 1. The molecule has 5 rings (SSSR count). The smallest absolute Gasteiger partial charge is 0.350 e. The van der Waals surface area contributed by atoms with Gasteiger partial charge in [0, 0.05) is 36.4 Å². The predicted octanol–water partition coefficient (Wildman–Crippen LogP) is 2.27. The summed E-state index contributed by atoms with van der Waals surface area (Å²) in [5, 5.41) is 19.5. The van der Waals surface area contributed by atoms with Gasteiger partial charge in [0.15, 0.2) is 18.3 Å². The van der Waals surface area contributed by atoms with Gasteiger partial charge in [-0.3, -0.25) is 15.2 Å². The second kappa shape index (κ2) is 12.6. The maximum Gasteiger partial charge on any atom is 0.350 e. The first-order valence-electron chi connectivity index (χ1n) is 11.9. The molecule has 1 atom stereocenters. The summed E-state index contributed by atoms with van der Waals surface area (Å²) in [4.78, 5) is 32.8. The quantitative estimate of drug-likeness (QED) is 0.187. The Hall–Kier alpha value is -5.11. The number of halogens is 1. The molecule has 4 aromatic rings. The molecule has 208 valence electrons. The number of aliphatic carboxylic acids is 1. The molecule has 0 spiro atoms. The Kier molecular flexibility index (Phi) is 8.81. The van der Waals surface area contributed by atoms with E-state index in [4.69, 9.17) is 35.3 Å². The molecule has 3 heterocycles. The second-order valence-corrected chi connectivity index (χ2v) is 8.53. The number of hydrogen-bond donors (Lipinski definition) is 4. The van der Waals surface area contributed by atoms with Crippen molar-refractivity contribution in [2.75, 3.05) is 13.7 Å². The molecule has 13 nitrogen and oxygen atoms in total. The van der Waals surface area contributed by atoms with Crippen molar-refractivity contribution in [2.24, 2.45) is 5.73 Å². The van der Waals surface area contributed by atoms with Crippen LogP contribution in [0.4, 0.5) is 4.39 Å². The van der Waals surface area contributed by atoms with E-state index in [2.05, 4.69) is 20.1 Å². The SMILES string of the molecule is CC(=O)O.N=C(N)c1ccc(CC(c2cc3c(c(OCF)c2)OCOC3)c2nn(-c3ncccn3)c(=O)[nH]2)cc1. The second-order valence-electron chi connectivity index (χ2n) is 8.53. The van der Waals surface area contributed by atoms with E-state index in [1.807, 2.05) is 18.2 Å². The summed E-state index contributed by atoms with van der Waals surface area (Å²) >= 11 is 0. The zero-order chi connectivity index (χ0) is 28.6. The first-order valence-corrected chi connectivity index (χ1v) is 11.9. The van der Waals surface area contributed by atoms with Crippen LogP contribution < -0.4 is 20.9 Å². The number of nitrogens with zero attached hydrogens (tertiary/aromatic N) is 4. The maximum absolute atomic E-state index is 13.2. The van der Waals surface area contributed by atoms with Crippen LogP contribution in [0.25, 0.3) is 5.95 Å². The summed E-state index contributed by atoms with van der Waals surface area (Å²) in [6.45, 7) is 0.346. The molecular formula is C26H26FN7O6. The molecule has 2 aromatic carbocycles. The zero-order valence-electron chi connectivity index (χ0n) is 21.3. The van der Waals surface area contributed by atoms with Gasteiger partial charge in [0.25, 0.3) is 11.9 Å². The van der Waals surface area contributed by atoms with Gasteiger partial charge in [0.05, 0.1) is 6.61 Å². The molecule has 14 heteroatoms. The molecule has 1 unspecified atom stereocenters. The summed E-state index contributed by atoms with van der Waals surface area (Å²) in [6.07, 6.45) is 3.44. The summed E-state index contributed by atoms with van der Waals surface area (Å²) in [5.74, 6) is -0.204. The third-order valence-corrected chi connectivity index (χ3v) is 5.72. The van der Waals surface area contributed by atoms with E-state index in [0.29, 0.717) is 34.7 Å². The van der Waals surface area contributed by atoms with Crippen molar-refractivity contribution >= 4 is 11.8 Å². The molecule has 0 saturated heterocycles. The lowest BCUT2D eigenvalue weighted by Gasteiger charge is -2.23. The first kappa shape index (κ1) is 27.9. The van der Waals surface area contributed by atoms with E-state index in [1.54, 1.807) is 24.3 Å². The average Bonchev–Trinajstić information content (AvgIpc) is 3.33. The van der Waals surface area contributed by atoms with Crippen molar-refractivity contribution in [1.29, 1.82) is 5.41 Å². The summed E-state index contributed by atoms with van der Waals surface area (Å²) in [5.41, 5.74) is 7.96. The molecule has 1 aliphatic heterocycles. The minimum atomic E-state index is -1.03. The van der Waals surface area contributed by atoms with Gasteiger partial charge in [0.1, 0.15) is 11.7 Å². The number of aromatic nitrogens is 5. The number of carboxylic acids is 1. The minimum Gasteiger partial charge on any atom is -0.481 e. The first-order chi connectivity index (χ1) is 19.3. The standard InChI is InChI=1S/C24H22FN7O4.C2H4O2/c25-12-35-19-10-16(9-17-11-34-13-36-20(17)19)18(8-14-2-4-15(5-3-14)21(26)27)22-30-24(33)32(31-22)23-28-6-1-7-29-23;1-2(3)4/h1-7,9-10,18H,8,11-13H2,(H3,26,27)(H,30,31,33);1H3,(H,3,4). The van der Waals surface area contributed by atoms with Crippen molar-refractivity contribution < 1.29 is 28.5 Å². The molecule has 0 saturated carbocycles. The number of carbonyl (C=O) groups is 1. The zero-order valence-corrected chi connectivity index (χ0v) is 21.3. The maximum atomic E-state index is 13.2. The number of rotatable bonds is 8. The predicted molar refractivity (Wildman–Crippen MR) is 139 cm³/mol. The van der Waals surface area contributed by atoms with Gasteiger partial charge in [-0.15, -0.1) is 9.78 Å². The van der Waals surface area contributed by atoms with Crippen LogP contribution in [-0.2, 0) is 22.6 Å². The van der Waals surface area contributed by atoms with Crippen molar-refractivity contribution in [3.8, 4) is 17.4 Å². The van der Waals surface area contributed by atoms with Gasteiger partial charge in [-0.25, -0.2) is 19.2 Å². The molecule has 0 bridgehead atoms. The van der Waals surface area contributed by atoms with E-state index < -0.39 is 24.4 Å². The Morgan fingerprint density at radius 2 is 1.98 bits per heavy atom. The highest BCUT2D eigenvalue weighted by molar-refractivity contribution is 5.94. The lowest BCUT2D eigenvalue weighted by molar-refractivity contribution is -0.134. The summed E-state index contributed by atoms with van der Waals surface area (Å²) in [6, 6.07) is 12.4. The summed E-state index contributed by atoms with van der Waals surface area (Å²) < 4.78 is 30.4. The van der Waals surface area contributed by atoms with Gasteiger partial charge in [-0.2, -0.15) is 0 Å². The van der Waals surface area contributed by atoms with E-state index in [0.717, 1.165) is 17.2 Å². The van der Waals surface area contributed by atoms with E-state index in [1.165, 1.54) is 12.4 Å². The Morgan fingerprint density at radius 3 is 2.62 bits per heavy atom. The number of fused-ring (bicyclic) bond motifs is 1. The van der Waals surface area contributed by atoms with Crippen LogP contribution in [0.1, 0.15) is 40.9 Å². The third kappa shape index (κ3) is 6.66. The number of hydrogen-bond acceptors (Lipinski definition) is 9. The molecular weight excluding hydrogens is 525 g/mol. The Balaban J connectivity index is 0.000000867. The Morgan fingerprint density at radius 1 is 1.27 bits per heavy atom. The van der Waals surface area contributed by atoms with Gasteiger partial charge in [0.2, 0.25) is 6.86 Å². The van der Waals surface area contributed by atoms with Crippen LogP contribution in [0.5, 0.6) is 11.5 Å². The molecule has 1 aliphatic rings. The van der Waals surface area contributed by atoms with Gasteiger partial charge in [-0.1, -0.05) is 24.3 Å². The topological polar surface area (TPSA) is 191 Å². The summed E-state index contributed by atoms with van der Waals surface area (Å²) in [7, 11) is 0. The van der Waals surface area contributed by atoms with Crippen molar-refractivity contribution in [3.05, 3.63) is 93.4 Å². The fourth-order valence-electron chi connectivity index (χ4n) is 4.04. The minimum absolute atomic E-state index is 0.0354. The Bertz CT molecular complexity index is 1540. The van der Waals surface area contributed by atoms with Crippen LogP contribution in [0, 0.1) is 5.41 Å². The normalized spacial score (nSPS) is 12.8. The molecule has 0 amide bonds. The van der Waals surface area contributed by atoms with E-state index in [-0.39, 0.29) is 30.9 Å². The Labute approximate surface area is 226 Å². The molecule has 0 aliphatic carbocycles. The highest BCUT2D eigenvalue weighted by Gasteiger charge is 2.26. The number of carboxylic acid groups (broad SMARTS) is 1. The number of nitrogen functional groups attached to an aromatic ring is 1. The number of benzene rings is 2. The number of nitrogens with two attached hydrogens (primary N) is 1. The largest absolute Gasteiger partial charge is 0.481 e. The van der Waals surface area contributed by atoms with Crippen LogP contribution in [-0.4, -0.2) is 55.3 Å². The van der Waals surface area contributed by atoms with Crippen LogP contribution in [0.2, 0.25) is 0 Å². The average molecular weight is 552 g/mol. The fourth-order valence-corrected chi connectivity index (χ4v) is 4.04. The molecule has 0 fully saturated rings. The van der Waals surface area contributed by atoms with Gasteiger partial charge in [-0.05, 0) is 35.7 Å². The molecule has 2 aromatic heterocycles. The van der Waals surface area contributed by atoms with E-state index >= 15 is 0 Å². The van der Waals surface area contributed by atoms with Crippen LogP contribution >= 0.6 is 0 Å². The van der Waals surface area contributed by atoms with E-state index in [9.17, 15) is 9.18 Å². The third-order valence-electron chi connectivity index (χ3n) is 5.72. The number of aromatic amines is 1. The lowest BCUT2D eigenvalue weighted by atomic mass is 9.89. The van der Waals surface area contributed by atoms with Crippen molar-refractivity contribution in [3.63, 3.8) is 0 Å².